The maximum atomic E-state index is 10.1. The zero-order valence-electron chi connectivity index (χ0n) is 12.1. The van der Waals surface area contributed by atoms with Gasteiger partial charge in [-0.3, -0.25) is 0 Å². The van der Waals surface area contributed by atoms with Crippen molar-refractivity contribution >= 4 is 0 Å². The molecule has 110 valence electrons. The molecule has 0 bridgehead atoms. The molecule has 19 heavy (non-hydrogen) atoms. The van der Waals surface area contributed by atoms with Crippen LogP contribution in [0.25, 0.3) is 0 Å². The summed E-state index contributed by atoms with van der Waals surface area (Å²) in [5, 5.41) is 10.1. The van der Waals surface area contributed by atoms with Crippen molar-refractivity contribution in [2.45, 2.75) is 76.0 Å². The highest BCUT2D eigenvalue weighted by Gasteiger charge is 2.37. The highest BCUT2D eigenvalue weighted by atomic mass is 16.5. The molecule has 2 aliphatic heterocycles. The highest BCUT2D eigenvalue weighted by Crippen LogP contribution is 2.35. The molecule has 3 heteroatoms. The van der Waals surface area contributed by atoms with E-state index in [9.17, 15) is 5.11 Å². The third-order valence-electron chi connectivity index (χ3n) is 5.44. The minimum atomic E-state index is -0.0243. The second kappa shape index (κ2) is 6.55. The van der Waals surface area contributed by atoms with E-state index in [4.69, 9.17) is 4.74 Å². The van der Waals surface area contributed by atoms with Gasteiger partial charge >= 0.3 is 0 Å². The molecule has 0 amide bonds. The maximum Gasteiger partial charge on any atom is 0.0583 e. The van der Waals surface area contributed by atoms with Gasteiger partial charge < -0.3 is 14.7 Å². The molecular weight excluding hydrogens is 238 g/mol. The van der Waals surface area contributed by atoms with Crippen LogP contribution in [0, 0.1) is 5.92 Å². The molecule has 0 aromatic heterocycles. The molecule has 2 heterocycles. The third kappa shape index (κ3) is 3.32. The summed E-state index contributed by atoms with van der Waals surface area (Å²) < 4.78 is 5.70. The van der Waals surface area contributed by atoms with Gasteiger partial charge in [-0.15, -0.1) is 0 Å². The smallest absolute Gasteiger partial charge is 0.0583 e. The second-order valence-corrected chi connectivity index (χ2v) is 6.68. The van der Waals surface area contributed by atoms with Gasteiger partial charge in [0.15, 0.2) is 0 Å². The minimum Gasteiger partial charge on any atom is -0.393 e. The first-order chi connectivity index (χ1) is 9.34. The number of hydrogen-bond acceptors (Lipinski definition) is 3. The van der Waals surface area contributed by atoms with Gasteiger partial charge in [0.25, 0.3) is 0 Å². The van der Waals surface area contributed by atoms with Crippen LogP contribution in [0.1, 0.15) is 57.8 Å². The van der Waals surface area contributed by atoms with Crippen molar-refractivity contribution in [1.82, 2.24) is 4.90 Å². The van der Waals surface area contributed by atoms with Crippen LogP contribution in [0.3, 0.4) is 0 Å². The fourth-order valence-electron chi connectivity index (χ4n) is 4.43. The fraction of sp³-hybridized carbons (Fsp3) is 1.00. The third-order valence-corrected chi connectivity index (χ3v) is 5.44. The van der Waals surface area contributed by atoms with Gasteiger partial charge in [-0.2, -0.15) is 0 Å². The Morgan fingerprint density at radius 1 is 1.05 bits per heavy atom. The Kier molecular flexibility index (Phi) is 4.78. The van der Waals surface area contributed by atoms with Crippen LogP contribution < -0.4 is 0 Å². The lowest BCUT2D eigenvalue weighted by Crippen LogP contribution is -2.39. The largest absolute Gasteiger partial charge is 0.393 e. The van der Waals surface area contributed by atoms with Crippen LogP contribution in [-0.4, -0.2) is 48.0 Å². The number of hydrogen-bond donors (Lipinski definition) is 1. The van der Waals surface area contributed by atoms with E-state index < -0.39 is 0 Å². The van der Waals surface area contributed by atoms with E-state index in [1.165, 1.54) is 64.5 Å². The van der Waals surface area contributed by atoms with E-state index >= 15 is 0 Å². The summed E-state index contributed by atoms with van der Waals surface area (Å²) >= 11 is 0. The Balaban J connectivity index is 1.43. The van der Waals surface area contributed by atoms with Crippen molar-refractivity contribution < 1.29 is 9.84 Å². The normalized spacial score (nSPS) is 40.3. The summed E-state index contributed by atoms with van der Waals surface area (Å²) in [5.74, 6) is 0.560. The van der Waals surface area contributed by atoms with Gasteiger partial charge in [0.1, 0.15) is 0 Å². The monoisotopic (exact) mass is 267 g/mol. The molecule has 3 nitrogen and oxygen atoms in total. The van der Waals surface area contributed by atoms with Crippen molar-refractivity contribution in [3.8, 4) is 0 Å². The summed E-state index contributed by atoms with van der Waals surface area (Å²) in [7, 11) is 0. The molecule has 0 aromatic rings. The van der Waals surface area contributed by atoms with Crippen molar-refractivity contribution in [1.29, 1.82) is 0 Å². The van der Waals surface area contributed by atoms with Crippen molar-refractivity contribution in [3.05, 3.63) is 0 Å². The van der Waals surface area contributed by atoms with Gasteiger partial charge in [-0.05, 0) is 64.5 Å². The molecule has 3 aliphatic rings. The lowest BCUT2D eigenvalue weighted by atomic mass is 9.94. The average Bonchev–Trinajstić information content (AvgIpc) is 3.10. The van der Waals surface area contributed by atoms with Crippen molar-refractivity contribution in [3.63, 3.8) is 0 Å². The predicted octanol–water partition coefficient (Wildman–Crippen LogP) is 2.57. The molecule has 4 atom stereocenters. The molecule has 1 aliphatic carbocycles. The first kappa shape index (κ1) is 13.8. The van der Waals surface area contributed by atoms with E-state index in [1.807, 2.05) is 0 Å². The van der Waals surface area contributed by atoms with E-state index in [2.05, 4.69) is 4.90 Å². The minimum absolute atomic E-state index is 0.0243. The highest BCUT2D eigenvalue weighted by molar-refractivity contribution is 4.91. The first-order valence-corrected chi connectivity index (χ1v) is 8.38. The first-order valence-electron chi connectivity index (χ1n) is 8.38. The molecule has 2 saturated heterocycles. The number of likely N-dealkylation sites (tertiary alicyclic amines) is 1. The van der Waals surface area contributed by atoms with E-state index in [-0.39, 0.29) is 6.10 Å². The zero-order chi connectivity index (χ0) is 13.1. The number of nitrogens with zero attached hydrogens (tertiary/aromatic N) is 1. The van der Waals surface area contributed by atoms with E-state index in [0.29, 0.717) is 18.1 Å². The molecular formula is C16H29NO2. The SMILES string of the molecule is OC1CCCC1C1CCCN1CCCC1CCCO1. The number of aliphatic hydroxyl groups excluding tert-OH is 1. The predicted molar refractivity (Wildman–Crippen MR) is 76.2 cm³/mol. The molecule has 4 unspecified atom stereocenters. The Hall–Kier alpha value is -0.120. The Morgan fingerprint density at radius 3 is 2.74 bits per heavy atom. The molecule has 1 saturated carbocycles. The van der Waals surface area contributed by atoms with E-state index in [1.54, 1.807) is 0 Å². The zero-order valence-corrected chi connectivity index (χ0v) is 12.1. The van der Waals surface area contributed by atoms with Crippen LogP contribution in [0.15, 0.2) is 0 Å². The van der Waals surface area contributed by atoms with Crippen molar-refractivity contribution in [2.75, 3.05) is 19.7 Å². The average molecular weight is 267 g/mol. The van der Waals surface area contributed by atoms with Crippen LogP contribution in [-0.2, 0) is 4.74 Å². The maximum absolute atomic E-state index is 10.1. The van der Waals surface area contributed by atoms with Gasteiger partial charge in [0.05, 0.1) is 12.2 Å². The Morgan fingerprint density at radius 2 is 2.00 bits per heavy atom. The van der Waals surface area contributed by atoms with Gasteiger partial charge in [-0.25, -0.2) is 0 Å². The van der Waals surface area contributed by atoms with Gasteiger partial charge in [-0.1, -0.05) is 6.42 Å². The van der Waals surface area contributed by atoms with Crippen LogP contribution in [0.5, 0.6) is 0 Å². The summed E-state index contributed by atoms with van der Waals surface area (Å²) in [5.41, 5.74) is 0. The van der Waals surface area contributed by atoms with Gasteiger partial charge in [0.2, 0.25) is 0 Å². The summed E-state index contributed by atoms with van der Waals surface area (Å²) in [6, 6.07) is 0.669. The lowest BCUT2D eigenvalue weighted by Gasteiger charge is -2.31. The molecule has 0 radical (unpaired) electrons. The quantitative estimate of drug-likeness (QED) is 0.831. The lowest BCUT2D eigenvalue weighted by molar-refractivity contribution is 0.0681. The molecule has 3 rings (SSSR count). The summed E-state index contributed by atoms with van der Waals surface area (Å²) in [6.45, 7) is 3.44. The Bertz CT molecular complexity index is 278. The molecule has 0 spiro atoms. The van der Waals surface area contributed by atoms with Gasteiger partial charge in [0, 0.05) is 18.6 Å². The number of rotatable bonds is 5. The van der Waals surface area contributed by atoms with Crippen LogP contribution >= 0.6 is 0 Å². The molecule has 1 N–H and O–H groups in total. The standard InChI is InChI=1S/C16H29NO2/c18-16-9-1-7-14(16)15-8-3-11-17(15)10-2-5-13-6-4-12-19-13/h13-16,18H,1-12H2. The Labute approximate surface area is 117 Å². The summed E-state index contributed by atoms with van der Waals surface area (Å²) in [6.07, 6.45) is 11.7. The van der Waals surface area contributed by atoms with E-state index in [0.717, 1.165) is 13.0 Å². The molecule has 0 aromatic carbocycles. The number of aliphatic hydroxyl groups is 1. The number of ether oxygens (including phenoxy) is 1. The van der Waals surface area contributed by atoms with Crippen LogP contribution in [0.4, 0.5) is 0 Å². The summed E-state index contributed by atoms with van der Waals surface area (Å²) in [4.78, 5) is 2.66. The second-order valence-electron chi connectivity index (χ2n) is 6.68. The molecule has 3 fully saturated rings. The van der Waals surface area contributed by atoms with Crippen LogP contribution in [0.2, 0.25) is 0 Å². The fourth-order valence-corrected chi connectivity index (χ4v) is 4.43. The van der Waals surface area contributed by atoms with Crippen molar-refractivity contribution in [2.24, 2.45) is 5.92 Å². The topological polar surface area (TPSA) is 32.7 Å².